The lowest BCUT2D eigenvalue weighted by molar-refractivity contribution is 0.406. The van der Waals surface area contributed by atoms with Gasteiger partial charge in [-0.3, -0.25) is 0 Å². The summed E-state index contributed by atoms with van der Waals surface area (Å²) in [6, 6.07) is 13.0. The van der Waals surface area contributed by atoms with Crippen molar-refractivity contribution in [2.75, 3.05) is 7.11 Å². The number of hydrogen-bond donors (Lipinski definition) is 1. The van der Waals surface area contributed by atoms with E-state index in [9.17, 15) is 13.9 Å². The molecule has 2 nitrogen and oxygen atoms in total. The number of ether oxygens (including phenoxy) is 1. The maximum atomic E-state index is 14.2. The van der Waals surface area contributed by atoms with Crippen LogP contribution in [-0.4, -0.2) is 12.2 Å². The molecule has 3 aromatic rings. The Bertz CT molecular complexity index is 980. The summed E-state index contributed by atoms with van der Waals surface area (Å²) in [6.45, 7) is 3.64. The van der Waals surface area contributed by atoms with Gasteiger partial charge in [0, 0.05) is 0 Å². The molecule has 0 saturated heterocycles. The third-order valence-electron chi connectivity index (χ3n) is 4.87. The number of aryl methyl sites for hydroxylation is 2. The lowest BCUT2D eigenvalue weighted by Crippen LogP contribution is -2.02. The zero-order chi connectivity index (χ0) is 19.6. The van der Waals surface area contributed by atoms with Gasteiger partial charge < -0.3 is 9.84 Å². The maximum absolute atomic E-state index is 14.2. The van der Waals surface area contributed by atoms with Crippen LogP contribution in [0.15, 0.2) is 48.5 Å². The number of hydrogen-bond acceptors (Lipinski definition) is 2. The molecule has 3 rings (SSSR count). The van der Waals surface area contributed by atoms with Crippen molar-refractivity contribution in [3.63, 3.8) is 0 Å². The number of halogens is 2. The standard InChI is InChI=1S/C23H22F2O2/c1-14-11-18(16-5-4-6-19(24)13-16)12-17(23(14)27-3)7-8-20-15(2)22(26)10-9-21(20)25/h4-6,9-13,26H,7-8H2,1-3H3. The predicted molar refractivity (Wildman–Crippen MR) is 103 cm³/mol. The van der Waals surface area contributed by atoms with Crippen molar-refractivity contribution >= 4 is 0 Å². The van der Waals surface area contributed by atoms with Crippen molar-refractivity contribution in [2.24, 2.45) is 0 Å². The van der Waals surface area contributed by atoms with Gasteiger partial charge in [0.05, 0.1) is 7.11 Å². The first kappa shape index (κ1) is 18.9. The Labute approximate surface area is 158 Å². The van der Waals surface area contributed by atoms with Gasteiger partial charge in [0.15, 0.2) is 0 Å². The summed E-state index contributed by atoms with van der Waals surface area (Å²) in [5.74, 6) is 0.207. The molecule has 27 heavy (non-hydrogen) atoms. The SMILES string of the molecule is COc1c(C)cc(-c2cccc(F)c2)cc1CCc1c(F)ccc(O)c1C. The van der Waals surface area contributed by atoms with Crippen molar-refractivity contribution in [1.82, 2.24) is 0 Å². The van der Waals surface area contributed by atoms with E-state index in [0.717, 1.165) is 28.0 Å². The summed E-state index contributed by atoms with van der Waals surface area (Å²) in [6.07, 6.45) is 0.961. The average molecular weight is 368 g/mol. The molecule has 3 aromatic carbocycles. The molecule has 0 saturated carbocycles. The van der Waals surface area contributed by atoms with Crippen LogP contribution in [0, 0.1) is 25.5 Å². The van der Waals surface area contributed by atoms with Crippen LogP contribution in [0.1, 0.15) is 22.3 Å². The number of benzene rings is 3. The molecule has 0 amide bonds. The van der Waals surface area contributed by atoms with E-state index in [1.54, 1.807) is 20.1 Å². The Balaban J connectivity index is 1.98. The normalized spacial score (nSPS) is 10.9. The molecule has 0 atom stereocenters. The first-order valence-corrected chi connectivity index (χ1v) is 8.81. The van der Waals surface area contributed by atoms with Gasteiger partial charge >= 0.3 is 0 Å². The van der Waals surface area contributed by atoms with Crippen molar-refractivity contribution in [3.8, 4) is 22.6 Å². The molecule has 1 N–H and O–H groups in total. The number of phenolic OH excluding ortho intramolecular Hbond substituents is 1. The molecule has 0 spiro atoms. The summed E-state index contributed by atoms with van der Waals surface area (Å²) < 4.78 is 33.4. The second-order valence-corrected chi connectivity index (χ2v) is 6.67. The first-order chi connectivity index (χ1) is 12.9. The van der Waals surface area contributed by atoms with Gasteiger partial charge in [-0.25, -0.2) is 8.78 Å². The average Bonchev–Trinajstić information content (AvgIpc) is 2.64. The quantitative estimate of drug-likeness (QED) is 0.621. The van der Waals surface area contributed by atoms with Gasteiger partial charge in [-0.15, -0.1) is 0 Å². The third kappa shape index (κ3) is 3.95. The third-order valence-corrected chi connectivity index (χ3v) is 4.87. The fourth-order valence-corrected chi connectivity index (χ4v) is 3.44. The lowest BCUT2D eigenvalue weighted by atomic mass is 9.94. The molecule has 4 heteroatoms. The van der Waals surface area contributed by atoms with Crippen molar-refractivity contribution < 1.29 is 18.6 Å². The van der Waals surface area contributed by atoms with Crippen LogP contribution in [0.2, 0.25) is 0 Å². The molecule has 0 radical (unpaired) electrons. The van der Waals surface area contributed by atoms with E-state index in [-0.39, 0.29) is 17.4 Å². The fourth-order valence-electron chi connectivity index (χ4n) is 3.44. The van der Waals surface area contributed by atoms with Crippen LogP contribution in [-0.2, 0) is 12.8 Å². The molecule has 0 aliphatic heterocycles. The lowest BCUT2D eigenvalue weighted by Gasteiger charge is -2.15. The first-order valence-electron chi connectivity index (χ1n) is 8.81. The minimum Gasteiger partial charge on any atom is -0.508 e. The summed E-state index contributed by atoms with van der Waals surface area (Å²) in [4.78, 5) is 0. The Morgan fingerprint density at radius 2 is 1.70 bits per heavy atom. The largest absolute Gasteiger partial charge is 0.508 e. The Morgan fingerprint density at radius 1 is 0.926 bits per heavy atom. The van der Waals surface area contributed by atoms with Crippen molar-refractivity contribution in [1.29, 1.82) is 0 Å². The van der Waals surface area contributed by atoms with E-state index in [1.165, 1.54) is 24.3 Å². The predicted octanol–water partition coefficient (Wildman–Crippen LogP) is 5.75. The Kier molecular flexibility index (Phi) is 5.45. The van der Waals surface area contributed by atoms with E-state index in [4.69, 9.17) is 4.74 Å². The van der Waals surface area contributed by atoms with Gasteiger partial charge in [0.2, 0.25) is 0 Å². The van der Waals surface area contributed by atoms with E-state index < -0.39 is 0 Å². The monoisotopic (exact) mass is 368 g/mol. The summed E-state index contributed by atoms with van der Waals surface area (Å²) in [7, 11) is 1.61. The second kappa shape index (κ2) is 7.78. The van der Waals surface area contributed by atoms with Gasteiger partial charge in [0.1, 0.15) is 23.1 Å². The molecule has 0 unspecified atom stereocenters. The smallest absolute Gasteiger partial charge is 0.126 e. The van der Waals surface area contributed by atoms with E-state index >= 15 is 0 Å². The molecule has 0 bridgehead atoms. The highest BCUT2D eigenvalue weighted by molar-refractivity contribution is 5.67. The highest BCUT2D eigenvalue weighted by atomic mass is 19.1. The zero-order valence-electron chi connectivity index (χ0n) is 15.6. The van der Waals surface area contributed by atoms with Crippen molar-refractivity contribution in [2.45, 2.75) is 26.7 Å². The van der Waals surface area contributed by atoms with Crippen LogP contribution < -0.4 is 4.74 Å². The van der Waals surface area contributed by atoms with Crippen LogP contribution in [0.3, 0.4) is 0 Å². The summed E-state index contributed by atoms with van der Waals surface area (Å²) in [5.41, 5.74) is 4.55. The molecule has 0 heterocycles. The summed E-state index contributed by atoms with van der Waals surface area (Å²) >= 11 is 0. The van der Waals surface area contributed by atoms with Gasteiger partial charge in [-0.1, -0.05) is 12.1 Å². The number of aromatic hydroxyl groups is 1. The van der Waals surface area contributed by atoms with Gasteiger partial charge in [0.25, 0.3) is 0 Å². The Hall–Kier alpha value is -2.88. The topological polar surface area (TPSA) is 29.5 Å². The fraction of sp³-hybridized carbons (Fsp3) is 0.217. The molecule has 0 aromatic heterocycles. The van der Waals surface area contributed by atoms with E-state index in [2.05, 4.69) is 0 Å². The molecule has 140 valence electrons. The molecular weight excluding hydrogens is 346 g/mol. The second-order valence-electron chi connectivity index (χ2n) is 6.67. The summed E-state index contributed by atoms with van der Waals surface area (Å²) in [5, 5.41) is 9.86. The van der Waals surface area contributed by atoms with Crippen LogP contribution in [0.25, 0.3) is 11.1 Å². The highest BCUT2D eigenvalue weighted by Gasteiger charge is 2.14. The van der Waals surface area contributed by atoms with E-state index in [0.29, 0.717) is 24.0 Å². The Morgan fingerprint density at radius 3 is 2.41 bits per heavy atom. The number of rotatable bonds is 5. The number of phenols is 1. The van der Waals surface area contributed by atoms with E-state index in [1.807, 2.05) is 25.1 Å². The van der Waals surface area contributed by atoms with Crippen LogP contribution in [0.4, 0.5) is 8.78 Å². The van der Waals surface area contributed by atoms with Crippen molar-refractivity contribution in [3.05, 3.63) is 82.4 Å². The number of methoxy groups -OCH3 is 1. The van der Waals surface area contributed by atoms with Gasteiger partial charge in [-0.05, 0) is 96.5 Å². The highest BCUT2D eigenvalue weighted by Crippen LogP contribution is 2.32. The van der Waals surface area contributed by atoms with Crippen LogP contribution in [0.5, 0.6) is 11.5 Å². The minimum atomic E-state index is -0.331. The minimum absolute atomic E-state index is 0.0862. The molecular formula is C23H22F2O2. The van der Waals surface area contributed by atoms with Gasteiger partial charge in [-0.2, -0.15) is 0 Å². The molecule has 0 aliphatic rings. The van der Waals surface area contributed by atoms with Crippen LogP contribution >= 0.6 is 0 Å². The maximum Gasteiger partial charge on any atom is 0.126 e. The zero-order valence-corrected chi connectivity index (χ0v) is 15.6. The molecule has 0 aliphatic carbocycles. The molecule has 0 fully saturated rings.